The van der Waals surface area contributed by atoms with Crippen LogP contribution in [0.15, 0.2) is 10.9 Å². The highest BCUT2D eigenvalue weighted by atomic mass is 19.2. The van der Waals surface area contributed by atoms with Crippen LogP contribution in [0.1, 0.15) is 36.6 Å². The van der Waals surface area contributed by atoms with Crippen molar-refractivity contribution in [3.8, 4) is 6.07 Å². The van der Waals surface area contributed by atoms with E-state index in [2.05, 4.69) is 0 Å². The molecule has 0 atom stereocenters. The number of halogens is 1. The molecule has 1 aromatic rings. The normalized spacial score (nSPS) is 10.3. The molecule has 1 heterocycles. The van der Waals surface area contributed by atoms with Crippen molar-refractivity contribution in [3.05, 3.63) is 33.2 Å². The van der Waals surface area contributed by atoms with Crippen molar-refractivity contribution in [2.75, 3.05) is 0 Å². The topological polar surface area (TPSA) is 45.8 Å². The summed E-state index contributed by atoms with van der Waals surface area (Å²) in [5, 5.41) is 8.73. The average molecular weight is 194 g/mol. The van der Waals surface area contributed by atoms with E-state index < -0.39 is 5.56 Å². The van der Waals surface area contributed by atoms with Crippen molar-refractivity contribution in [2.24, 2.45) is 0 Å². The van der Waals surface area contributed by atoms with Crippen molar-refractivity contribution in [3.63, 3.8) is 0 Å². The quantitative estimate of drug-likeness (QED) is 0.685. The average Bonchev–Trinajstić information content (AvgIpc) is 2.13. The summed E-state index contributed by atoms with van der Waals surface area (Å²) in [6.07, 6.45) is 0. The van der Waals surface area contributed by atoms with E-state index in [0.717, 1.165) is 0 Å². The summed E-state index contributed by atoms with van der Waals surface area (Å²) in [6, 6.07) is 3.27. The molecule has 0 unspecified atom stereocenters. The van der Waals surface area contributed by atoms with Crippen LogP contribution in [-0.4, -0.2) is 4.79 Å². The summed E-state index contributed by atoms with van der Waals surface area (Å²) in [6.45, 7) is 5.21. The molecular formula is C10H11FN2O. The summed E-state index contributed by atoms with van der Waals surface area (Å²) < 4.78 is 13.1. The lowest BCUT2D eigenvalue weighted by Gasteiger charge is -2.09. The second-order valence-corrected chi connectivity index (χ2v) is 3.47. The second-order valence-electron chi connectivity index (χ2n) is 3.47. The number of aromatic nitrogens is 1. The zero-order valence-corrected chi connectivity index (χ0v) is 8.34. The zero-order valence-electron chi connectivity index (χ0n) is 8.34. The molecule has 74 valence electrons. The summed E-state index contributed by atoms with van der Waals surface area (Å²) in [5.74, 6) is 0.0391. The first-order valence-corrected chi connectivity index (χ1v) is 4.31. The largest absolute Gasteiger partial charge is 0.296 e. The molecule has 0 aromatic carbocycles. The van der Waals surface area contributed by atoms with E-state index in [9.17, 15) is 9.28 Å². The predicted molar refractivity (Wildman–Crippen MR) is 50.7 cm³/mol. The monoisotopic (exact) mass is 194 g/mol. The Balaban J connectivity index is 3.63. The van der Waals surface area contributed by atoms with E-state index in [1.807, 2.05) is 13.8 Å². The molecule has 0 saturated carbocycles. The first-order chi connectivity index (χ1) is 6.49. The lowest BCUT2D eigenvalue weighted by molar-refractivity contribution is 0.340. The minimum Gasteiger partial charge on any atom is -0.265 e. The third-order valence-corrected chi connectivity index (χ3v) is 2.09. The van der Waals surface area contributed by atoms with Gasteiger partial charge in [-0.05, 0) is 24.5 Å². The summed E-state index contributed by atoms with van der Waals surface area (Å²) >= 11 is 0. The Morgan fingerprint density at radius 3 is 2.57 bits per heavy atom. The van der Waals surface area contributed by atoms with Crippen molar-refractivity contribution in [1.29, 1.82) is 5.26 Å². The number of nitrogens with zero attached hydrogens (tertiary/aromatic N) is 2. The fourth-order valence-corrected chi connectivity index (χ4v) is 1.30. The number of hydrogen-bond donors (Lipinski definition) is 0. The van der Waals surface area contributed by atoms with Gasteiger partial charge in [0, 0.05) is 0 Å². The van der Waals surface area contributed by atoms with Crippen molar-refractivity contribution in [1.82, 2.24) is 4.79 Å². The number of pyridine rings is 1. The molecule has 0 aliphatic heterocycles. The van der Waals surface area contributed by atoms with Crippen molar-refractivity contribution < 1.29 is 4.48 Å². The Morgan fingerprint density at radius 1 is 1.57 bits per heavy atom. The maximum absolute atomic E-state index is 13.1. The maximum atomic E-state index is 13.1. The standard InChI is InChI=1S/C10H11FN2O/c1-6(2)8-4-7(3)13(11)10(14)9(8)5-12/h4,6H,1-3H3. The number of rotatable bonds is 1. The fraction of sp³-hybridized carbons (Fsp3) is 0.400. The third-order valence-electron chi connectivity index (χ3n) is 2.09. The van der Waals surface area contributed by atoms with E-state index in [1.165, 1.54) is 13.0 Å². The highest BCUT2D eigenvalue weighted by molar-refractivity contribution is 5.38. The van der Waals surface area contributed by atoms with Gasteiger partial charge in [-0.2, -0.15) is 5.26 Å². The molecule has 14 heavy (non-hydrogen) atoms. The molecule has 0 radical (unpaired) electrons. The lowest BCUT2D eigenvalue weighted by atomic mass is 9.99. The van der Waals surface area contributed by atoms with Crippen LogP contribution in [0.5, 0.6) is 0 Å². The first kappa shape index (κ1) is 10.5. The van der Waals surface area contributed by atoms with Gasteiger partial charge in [0.15, 0.2) is 0 Å². The van der Waals surface area contributed by atoms with Crippen LogP contribution in [0.4, 0.5) is 4.48 Å². The van der Waals surface area contributed by atoms with Gasteiger partial charge in [-0.1, -0.05) is 18.3 Å². The Hall–Kier alpha value is -1.63. The van der Waals surface area contributed by atoms with Crippen molar-refractivity contribution >= 4 is 0 Å². The van der Waals surface area contributed by atoms with Gasteiger partial charge in [-0.25, -0.2) is 0 Å². The number of nitriles is 1. The highest BCUT2D eigenvalue weighted by Crippen LogP contribution is 2.17. The highest BCUT2D eigenvalue weighted by Gasteiger charge is 2.14. The number of hydrogen-bond acceptors (Lipinski definition) is 2. The molecule has 0 fully saturated rings. The first-order valence-electron chi connectivity index (χ1n) is 4.31. The smallest absolute Gasteiger partial charge is 0.265 e. The van der Waals surface area contributed by atoms with Crippen molar-refractivity contribution in [2.45, 2.75) is 26.7 Å². The Kier molecular flexibility index (Phi) is 2.70. The van der Waals surface area contributed by atoms with E-state index >= 15 is 0 Å². The Labute approximate surface area is 81.3 Å². The zero-order chi connectivity index (χ0) is 10.9. The summed E-state index contributed by atoms with van der Waals surface area (Å²) in [5.41, 5.74) is -0.147. The van der Waals surface area contributed by atoms with Gasteiger partial charge < -0.3 is 0 Å². The molecule has 1 rings (SSSR count). The third kappa shape index (κ3) is 1.53. The lowest BCUT2D eigenvalue weighted by Crippen LogP contribution is -2.21. The van der Waals surface area contributed by atoms with E-state index in [4.69, 9.17) is 5.26 Å². The van der Waals surface area contributed by atoms with Crippen LogP contribution < -0.4 is 5.56 Å². The van der Waals surface area contributed by atoms with Gasteiger partial charge in [-0.15, -0.1) is 4.79 Å². The summed E-state index contributed by atoms with van der Waals surface area (Å²) in [7, 11) is 0. The molecule has 0 aliphatic carbocycles. The molecule has 0 aliphatic rings. The molecular weight excluding hydrogens is 183 g/mol. The van der Waals surface area contributed by atoms with Crippen LogP contribution in [-0.2, 0) is 0 Å². The molecule has 1 aromatic heterocycles. The Bertz CT molecular complexity index is 454. The molecule has 0 bridgehead atoms. The predicted octanol–water partition coefficient (Wildman–Crippen LogP) is 1.88. The van der Waals surface area contributed by atoms with Gasteiger partial charge in [0.2, 0.25) is 0 Å². The Morgan fingerprint density at radius 2 is 2.14 bits per heavy atom. The van der Waals surface area contributed by atoms with Gasteiger partial charge in [-0.3, -0.25) is 4.79 Å². The van der Waals surface area contributed by atoms with Gasteiger partial charge in [0.05, 0.1) is 5.69 Å². The minimum absolute atomic E-state index is 0.00440. The van der Waals surface area contributed by atoms with Crippen LogP contribution in [0, 0.1) is 18.3 Å². The SMILES string of the molecule is Cc1cc(C(C)C)c(C#N)c(=O)n1F. The van der Waals surface area contributed by atoms with E-state index in [-0.39, 0.29) is 22.0 Å². The number of aryl methyl sites for hydroxylation is 1. The van der Waals surface area contributed by atoms with Crippen LogP contribution in [0.2, 0.25) is 0 Å². The van der Waals surface area contributed by atoms with E-state index in [0.29, 0.717) is 5.56 Å². The van der Waals surface area contributed by atoms with Crippen LogP contribution >= 0.6 is 0 Å². The molecule has 0 spiro atoms. The maximum Gasteiger partial charge on any atom is 0.296 e. The minimum atomic E-state index is -0.865. The van der Waals surface area contributed by atoms with Gasteiger partial charge in [0.25, 0.3) is 5.56 Å². The molecule has 0 saturated heterocycles. The molecule has 3 nitrogen and oxygen atoms in total. The second kappa shape index (κ2) is 3.62. The van der Waals surface area contributed by atoms with E-state index in [1.54, 1.807) is 6.07 Å². The van der Waals surface area contributed by atoms with Crippen LogP contribution in [0.25, 0.3) is 0 Å². The fourth-order valence-electron chi connectivity index (χ4n) is 1.30. The molecule has 0 amide bonds. The summed E-state index contributed by atoms with van der Waals surface area (Å²) in [4.78, 5) is 11.3. The molecule has 4 heteroatoms. The van der Waals surface area contributed by atoms with Crippen LogP contribution in [0.3, 0.4) is 0 Å². The molecule has 0 N–H and O–H groups in total. The van der Waals surface area contributed by atoms with Gasteiger partial charge >= 0.3 is 0 Å². The van der Waals surface area contributed by atoms with Gasteiger partial charge in [0.1, 0.15) is 11.6 Å².